The van der Waals surface area contributed by atoms with Crippen molar-refractivity contribution < 1.29 is 4.74 Å². The number of aromatic nitrogens is 6. The molecule has 0 unspecified atom stereocenters. The van der Waals surface area contributed by atoms with Crippen LogP contribution in [0.25, 0.3) is 22.4 Å². The number of rotatable bonds is 2. The average Bonchev–Trinajstić information content (AvgIpc) is 3.31. The number of aryl methyl sites for hydroxylation is 1. The first-order valence-corrected chi connectivity index (χ1v) is 10.4. The molecule has 0 radical (unpaired) electrons. The number of fused-ring (bicyclic) bond motifs is 2. The Hall–Kier alpha value is -3.04. The second kappa shape index (κ2) is 8.00. The van der Waals surface area contributed by atoms with Crippen LogP contribution in [0.3, 0.4) is 0 Å². The third-order valence-corrected chi connectivity index (χ3v) is 5.93. The van der Waals surface area contributed by atoms with Gasteiger partial charge in [-0.1, -0.05) is 6.42 Å². The minimum Gasteiger partial charge on any atom is -0.379 e. The molecule has 0 spiro atoms. The van der Waals surface area contributed by atoms with Gasteiger partial charge in [-0.05, 0) is 25.8 Å². The Labute approximate surface area is 174 Å². The number of hydrogen-bond acceptors (Lipinski definition) is 7. The molecule has 6 rings (SSSR count). The molecule has 1 saturated heterocycles. The summed E-state index contributed by atoms with van der Waals surface area (Å²) in [5.41, 5.74) is 9.50. The predicted molar refractivity (Wildman–Crippen MR) is 114 cm³/mol. The van der Waals surface area contributed by atoms with Gasteiger partial charge in [0.2, 0.25) is 11.7 Å². The lowest BCUT2D eigenvalue weighted by atomic mass is 9.91. The average molecular weight is 406 g/mol. The Morgan fingerprint density at radius 2 is 1.87 bits per heavy atom. The van der Waals surface area contributed by atoms with Crippen molar-refractivity contribution in [1.82, 2.24) is 33.9 Å². The van der Waals surface area contributed by atoms with Crippen molar-refractivity contribution in [3.63, 3.8) is 0 Å². The minimum absolute atomic E-state index is 0.249. The normalized spacial score (nSPS) is 17.6. The fraction of sp³-hybridized carbons (Fsp3) is 0.429. The number of ether oxygens (including phenoxy) is 1. The second-order valence-electron chi connectivity index (χ2n) is 7.82. The third kappa shape index (κ3) is 3.61. The first-order valence-electron chi connectivity index (χ1n) is 10.4. The van der Waals surface area contributed by atoms with Crippen molar-refractivity contribution >= 4 is 17.2 Å². The summed E-state index contributed by atoms with van der Waals surface area (Å²) in [7, 11) is 0. The molecule has 4 aromatic heterocycles. The van der Waals surface area contributed by atoms with Gasteiger partial charge in [-0.2, -0.15) is 0 Å². The molecule has 1 aliphatic heterocycles. The molecule has 1 aliphatic carbocycles. The van der Waals surface area contributed by atoms with Crippen LogP contribution in [0.15, 0.2) is 37.1 Å². The van der Waals surface area contributed by atoms with E-state index in [0.717, 1.165) is 41.6 Å². The summed E-state index contributed by atoms with van der Waals surface area (Å²) in [6.45, 7) is 6.25. The van der Waals surface area contributed by atoms with E-state index in [1.807, 2.05) is 29.8 Å². The van der Waals surface area contributed by atoms with Gasteiger partial charge in [-0.3, -0.25) is 9.30 Å². The maximum absolute atomic E-state index is 5.58. The maximum atomic E-state index is 5.58. The van der Waals surface area contributed by atoms with Crippen LogP contribution in [-0.4, -0.2) is 66.2 Å². The lowest BCUT2D eigenvalue weighted by Crippen LogP contribution is -2.46. The van der Waals surface area contributed by atoms with E-state index < -0.39 is 0 Å². The van der Waals surface area contributed by atoms with Crippen LogP contribution >= 0.6 is 0 Å². The lowest BCUT2D eigenvalue weighted by molar-refractivity contribution is -0.00153. The van der Waals surface area contributed by atoms with Crippen molar-refractivity contribution in [2.45, 2.75) is 32.2 Å². The van der Waals surface area contributed by atoms with Crippen LogP contribution in [0.2, 0.25) is 0 Å². The molecular weight excluding hydrogens is 380 g/mol. The number of hydrogen-bond donors (Lipinski definition) is 1. The van der Waals surface area contributed by atoms with Crippen LogP contribution in [0, 0.1) is 6.92 Å². The molecule has 2 N–H and O–H groups in total. The molecule has 4 aromatic rings. The van der Waals surface area contributed by atoms with Gasteiger partial charge in [-0.15, -0.1) is 5.10 Å². The topological polar surface area (TPSA) is 98.9 Å². The number of morpholine rings is 1. The number of nitrogens with two attached hydrogens (primary N) is 1. The van der Waals surface area contributed by atoms with E-state index in [4.69, 9.17) is 10.5 Å². The predicted octanol–water partition coefficient (Wildman–Crippen LogP) is 2.20. The van der Waals surface area contributed by atoms with Crippen LogP contribution < -0.4 is 5.73 Å². The van der Waals surface area contributed by atoms with Gasteiger partial charge in [0.25, 0.3) is 0 Å². The van der Waals surface area contributed by atoms with Crippen molar-refractivity contribution in [2.75, 3.05) is 32.0 Å². The zero-order valence-electron chi connectivity index (χ0n) is 17.1. The van der Waals surface area contributed by atoms with Crippen LogP contribution in [-0.2, 0) is 4.74 Å². The van der Waals surface area contributed by atoms with Crippen molar-refractivity contribution in [3.8, 4) is 11.1 Å². The molecule has 0 bridgehead atoms. The summed E-state index contributed by atoms with van der Waals surface area (Å²) in [6, 6.07) is 2.89. The molecule has 0 aromatic carbocycles. The van der Waals surface area contributed by atoms with Gasteiger partial charge >= 0.3 is 0 Å². The highest BCUT2D eigenvalue weighted by Gasteiger charge is 2.25. The van der Waals surface area contributed by atoms with Gasteiger partial charge in [0.15, 0.2) is 0 Å². The molecule has 156 valence electrons. The molecule has 30 heavy (non-hydrogen) atoms. The monoisotopic (exact) mass is 406 g/mol. The van der Waals surface area contributed by atoms with Gasteiger partial charge in [-0.25, -0.2) is 19.5 Å². The Bertz CT molecular complexity index is 1160. The first-order chi connectivity index (χ1) is 14.7. The highest BCUT2D eigenvalue weighted by atomic mass is 16.5. The zero-order chi connectivity index (χ0) is 20.5. The van der Waals surface area contributed by atoms with E-state index >= 15 is 0 Å². The Morgan fingerprint density at radius 1 is 1.07 bits per heavy atom. The quantitative estimate of drug-likeness (QED) is 0.545. The third-order valence-electron chi connectivity index (χ3n) is 5.93. The summed E-state index contributed by atoms with van der Waals surface area (Å²) in [4.78, 5) is 15.2. The van der Waals surface area contributed by atoms with E-state index in [9.17, 15) is 0 Å². The first kappa shape index (κ1) is 19.0. The molecule has 2 aliphatic rings. The largest absolute Gasteiger partial charge is 0.379 e. The molecule has 2 fully saturated rings. The van der Waals surface area contributed by atoms with E-state index in [0.29, 0.717) is 5.78 Å². The van der Waals surface area contributed by atoms with E-state index in [2.05, 4.69) is 25.0 Å². The number of nitrogens with zero attached hydrogens (tertiary/aromatic N) is 7. The van der Waals surface area contributed by atoms with Crippen LogP contribution in [0.1, 0.15) is 25.0 Å². The van der Waals surface area contributed by atoms with Crippen molar-refractivity contribution in [1.29, 1.82) is 0 Å². The summed E-state index contributed by atoms with van der Waals surface area (Å²) in [5, 5.41) is 4.14. The molecular formula is C21H26N8O. The Morgan fingerprint density at radius 3 is 2.63 bits per heavy atom. The van der Waals surface area contributed by atoms with Gasteiger partial charge in [0, 0.05) is 54.5 Å². The maximum Gasteiger partial charge on any atom is 0.238 e. The summed E-state index contributed by atoms with van der Waals surface area (Å²) < 4.78 is 8.94. The van der Waals surface area contributed by atoms with E-state index in [1.165, 1.54) is 32.4 Å². The number of nitrogen functional groups attached to an aromatic ring is 1. The highest BCUT2D eigenvalue weighted by molar-refractivity contribution is 5.79. The van der Waals surface area contributed by atoms with Crippen molar-refractivity contribution in [3.05, 3.63) is 42.7 Å². The lowest BCUT2D eigenvalue weighted by Gasteiger charge is -2.39. The fourth-order valence-corrected chi connectivity index (χ4v) is 3.98. The highest BCUT2D eigenvalue weighted by Crippen LogP contribution is 2.25. The Kier molecular flexibility index (Phi) is 5.06. The molecule has 0 atom stereocenters. The molecule has 9 nitrogen and oxygen atoms in total. The Balaban J connectivity index is 0.000000161. The molecule has 0 amide bonds. The standard InChI is InChI=1S/C13H11N7.C8H15NO/c1-8-4-16-13-17-5-9(7-19(8)13)10-2-3-20-11(10)6-15-12(14)18-20;1-2-8(3-1)9-4-6-10-7-5-9/h2-7H,1H3,(H2,14,18);8H,1-7H2. The van der Waals surface area contributed by atoms with Crippen molar-refractivity contribution in [2.24, 2.45) is 0 Å². The van der Waals surface area contributed by atoms with Crippen LogP contribution in [0.4, 0.5) is 5.95 Å². The smallest absolute Gasteiger partial charge is 0.238 e. The summed E-state index contributed by atoms with van der Waals surface area (Å²) >= 11 is 0. The molecule has 9 heteroatoms. The second-order valence-corrected chi connectivity index (χ2v) is 7.82. The van der Waals surface area contributed by atoms with E-state index in [1.54, 1.807) is 23.1 Å². The molecule has 5 heterocycles. The van der Waals surface area contributed by atoms with E-state index in [-0.39, 0.29) is 5.95 Å². The summed E-state index contributed by atoms with van der Waals surface area (Å²) in [5.74, 6) is 0.939. The molecule has 1 saturated carbocycles. The van der Waals surface area contributed by atoms with Gasteiger partial charge < -0.3 is 10.5 Å². The van der Waals surface area contributed by atoms with Crippen LogP contribution in [0.5, 0.6) is 0 Å². The van der Waals surface area contributed by atoms with Gasteiger partial charge in [0.05, 0.1) is 31.1 Å². The van der Waals surface area contributed by atoms with Gasteiger partial charge in [0.1, 0.15) is 0 Å². The zero-order valence-corrected chi connectivity index (χ0v) is 17.1. The number of imidazole rings is 1. The summed E-state index contributed by atoms with van der Waals surface area (Å²) in [6.07, 6.45) is 13.5. The SMILES string of the molecule is C1CC(N2CCOCC2)C1.Cc1cnc2ncc(-c3ccn4nc(N)ncc34)cn12. The number of anilines is 1. The minimum atomic E-state index is 0.249. The fourth-order valence-electron chi connectivity index (χ4n) is 3.98.